The zero-order chi connectivity index (χ0) is 19.6. The molecule has 0 fully saturated rings. The molecule has 0 bridgehead atoms. The summed E-state index contributed by atoms with van der Waals surface area (Å²) in [5.41, 5.74) is 5.69. The third kappa shape index (κ3) is 6.53. The molecule has 5 nitrogen and oxygen atoms in total. The predicted octanol–water partition coefficient (Wildman–Crippen LogP) is 4.48. The van der Waals surface area contributed by atoms with Crippen LogP contribution in [0.15, 0.2) is 53.6 Å². The highest BCUT2D eigenvalue weighted by Gasteiger charge is 2.15. The summed E-state index contributed by atoms with van der Waals surface area (Å²) in [6, 6.07) is 15.8. The van der Waals surface area contributed by atoms with E-state index in [2.05, 4.69) is 69.3 Å². The van der Waals surface area contributed by atoms with Crippen LogP contribution in [0.25, 0.3) is 0 Å². The van der Waals surface area contributed by atoms with Crippen molar-refractivity contribution in [3.8, 4) is 0 Å². The van der Waals surface area contributed by atoms with Gasteiger partial charge in [0.1, 0.15) is 6.04 Å². The van der Waals surface area contributed by atoms with Crippen LogP contribution in [-0.2, 0) is 4.79 Å². The Morgan fingerprint density at radius 3 is 2.26 bits per heavy atom. The lowest BCUT2D eigenvalue weighted by atomic mass is 10.2. The van der Waals surface area contributed by atoms with Crippen LogP contribution in [0.2, 0.25) is 0 Å². The number of halogens is 1. The minimum Gasteiger partial charge on any atom is -0.374 e. The van der Waals surface area contributed by atoms with Gasteiger partial charge in [0.2, 0.25) is 0 Å². The highest BCUT2D eigenvalue weighted by molar-refractivity contribution is 14.1. The molecule has 0 heterocycles. The Bertz CT molecular complexity index is 740. The lowest BCUT2D eigenvalue weighted by molar-refractivity contribution is -0.121. The van der Waals surface area contributed by atoms with Crippen LogP contribution in [0.4, 0.5) is 11.4 Å². The zero-order valence-electron chi connectivity index (χ0n) is 16.1. The number of hydrazone groups is 1. The first kappa shape index (κ1) is 21.2. The average molecular weight is 478 g/mol. The Hall–Kier alpha value is -2.09. The molecule has 6 heteroatoms. The third-order valence-corrected chi connectivity index (χ3v) is 5.04. The van der Waals surface area contributed by atoms with Gasteiger partial charge in [0.15, 0.2) is 0 Å². The molecule has 0 aliphatic heterocycles. The molecule has 1 atom stereocenters. The van der Waals surface area contributed by atoms with Crippen LogP contribution in [0.3, 0.4) is 0 Å². The van der Waals surface area contributed by atoms with Crippen molar-refractivity contribution >= 4 is 46.1 Å². The number of carbonyl (C=O) groups is 1. The van der Waals surface area contributed by atoms with E-state index in [1.165, 1.54) is 5.69 Å². The van der Waals surface area contributed by atoms with E-state index in [1.807, 2.05) is 43.3 Å². The number of amides is 1. The maximum atomic E-state index is 12.4. The van der Waals surface area contributed by atoms with Crippen LogP contribution in [-0.4, -0.2) is 31.3 Å². The first-order valence-corrected chi connectivity index (χ1v) is 10.3. The van der Waals surface area contributed by atoms with Crippen molar-refractivity contribution in [3.05, 3.63) is 57.7 Å². The van der Waals surface area contributed by atoms with Crippen molar-refractivity contribution in [2.75, 3.05) is 23.3 Å². The Morgan fingerprint density at radius 2 is 1.70 bits per heavy atom. The number of hydrogen-bond acceptors (Lipinski definition) is 4. The summed E-state index contributed by atoms with van der Waals surface area (Å²) in [5, 5.41) is 7.34. The van der Waals surface area contributed by atoms with Crippen LogP contribution >= 0.6 is 22.6 Å². The lowest BCUT2D eigenvalue weighted by Gasteiger charge is -2.20. The minimum absolute atomic E-state index is 0.146. The normalized spacial score (nSPS) is 12.0. The molecule has 1 amide bonds. The number of nitrogens with one attached hydrogen (secondary N) is 2. The summed E-state index contributed by atoms with van der Waals surface area (Å²) < 4.78 is 1.16. The van der Waals surface area contributed by atoms with E-state index in [0.717, 1.165) is 27.9 Å². The van der Waals surface area contributed by atoms with Gasteiger partial charge in [-0.2, -0.15) is 5.10 Å². The lowest BCUT2D eigenvalue weighted by Crippen LogP contribution is -2.36. The second-order valence-electron chi connectivity index (χ2n) is 6.11. The fourth-order valence-electron chi connectivity index (χ4n) is 2.71. The summed E-state index contributed by atoms with van der Waals surface area (Å²) in [7, 11) is 0. The molecule has 0 saturated carbocycles. The second-order valence-corrected chi connectivity index (χ2v) is 7.36. The number of rotatable bonds is 9. The Kier molecular flexibility index (Phi) is 8.57. The molecular weight excluding hydrogens is 451 g/mol. The van der Waals surface area contributed by atoms with Crippen molar-refractivity contribution in [2.24, 2.45) is 5.10 Å². The van der Waals surface area contributed by atoms with Crippen molar-refractivity contribution < 1.29 is 4.79 Å². The van der Waals surface area contributed by atoms with Gasteiger partial charge in [-0.1, -0.05) is 19.1 Å². The van der Waals surface area contributed by atoms with Crippen molar-refractivity contribution in [2.45, 2.75) is 33.2 Å². The van der Waals surface area contributed by atoms with E-state index in [-0.39, 0.29) is 11.9 Å². The van der Waals surface area contributed by atoms with E-state index in [4.69, 9.17) is 0 Å². The molecular formula is C21H27IN4O. The summed E-state index contributed by atoms with van der Waals surface area (Å²) in [4.78, 5) is 14.6. The zero-order valence-corrected chi connectivity index (χ0v) is 18.2. The molecule has 1 unspecified atom stereocenters. The Morgan fingerprint density at radius 1 is 1.07 bits per heavy atom. The second kappa shape index (κ2) is 10.9. The number of benzene rings is 2. The summed E-state index contributed by atoms with van der Waals surface area (Å²) >= 11 is 2.26. The summed E-state index contributed by atoms with van der Waals surface area (Å²) in [6.07, 6.45) is 2.34. The highest BCUT2D eigenvalue weighted by Crippen LogP contribution is 2.14. The first-order valence-electron chi connectivity index (χ1n) is 9.27. The molecule has 0 aliphatic rings. The maximum Gasteiger partial charge on any atom is 0.262 e. The standard InChI is InChI=1S/C21H27IN4O/c1-4-20(24-18-11-9-17(22)10-12-18)21(27)25-23-15-16-7-13-19(14-8-16)26(5-2)6-3/h7-15,20,24H,4-6H2,1-3H3,(H,25,27)/b23-15+. The van der Waals surface area contributed by atoms with Crippen LogP contribution in [0, 0.1) is 3.57 Å². The van der Waals surface area contributed by atoms with Crippen LogP contribution < -0.4 is 15.6 Å². The van der Waals surface area contributed by atoms with E-state index in [9.17, 15) is 4.79 Å². The molecule has 2 aromatic carbocycles. The van der Waals surface area contributed by atoms with Gasteiger partial charge in [0.25, 0.3) is 5.91 Å². The van der Waals surface area contributed by atoms with Gasteiger partial charge in [0.05, 0.1) is 6.21 Å². The molecule has 144 valence electrons. The van der Waals surface area contributed by atoms with Crippen molar-refractivity contribution in [1.82, 2.24) is 5.43 Å². The topological polar surface area (TPSA) is 56.7 Å². The molecule has 0 aromatic heterocycles. The highest BCUT2D eigenvalue weighted by atomic mass is 127. The Labute approximate surface area is 175 Å². The van der Waals surface area contributed by atoms with Crippen LogP contribution in [0.1, 0.15) is 32.8 Å². The molecule has 27 heavy (non-hydrogen) atoms. The Balaban J connectivity index is 1.91. The molecule has 0 radical (unpaired) electrons. The fraction of sp³-hybridized carbons (Fsp3) is 0.333. The number of anilines is 2. The largest absolute Gasteiger partial charge is 0.374 e. The number of nitrogens with zero attached hydrogens (tertiary/aromatic N) is 2. The van der Waals surface area contributed by atoms with Gasteiger partial charge in [-0.3, -0.25) is 4.79 Å². The number of hydrogen-bond donors (Lipinski definition) is 2. The minimum atomic E-state index is -0.327. The molecule has 2 rings (SSSR count). The van der Waals surface area contributed by atoms with Gasteiger partial charge in [-0.05, 0) is 84.8 Å². The van der Waals surface area contributed by atoms with E-state index >= 15 is 0 Å². The van der Waals surface area contributed by atoms with Gasteiger partial charge >= 0.3 is 0 Å². The molecule has 0 spiro atoms. The number of carbonyl (C=O) groups excluding carboxylic acids is 1. The van der Waals surface area contributed by atoms with Gasteiger partial charge < -0.3 is 10.2 Å². The van der Waals surface area contributed by atoms with Gasteiger partial charge in [-0.15, -0.1) is 0 Å². The quantitative estimate of drug-likeness (QED) is 0.318. The van der Waals surface area contributed by atoms with Gasteiger partial charge in [0, 0.05) is 28.0 Å². The monoisotopic (exact) mass is 478 g/mol. The first-order chi connectivity index (χ1) is 13.1. The van der Waals surface area contributed by atoms with Crippen molar-refractivity contribution in [3.63, 3.8) is 0 Å². The average Bonchev–Trinajstić information content (AvgIpc) is 2.69. The summed E-state index contributed by atoms with van der Waals surface area (Å²) in [6.45, 7) is 8.21. The maximum absolute atomic E-state index is 12.4. The SMILES string of the molecule is CCC(Nc1ccc(I)cc1)C(=O)N/N=C/c1ccc(N(CC)CC)cc1. The molecule has 0 aliphatic carbocycles. The smallest absolute Gasteiger partial charge is 0.262 e. The van der Waals surface area contributed by atoms with Crippen molar-refractivity contribution in [1.29, 1.82) is 0 Å². The summed E-state index contributed by atoms with van der Waals surface area (Å²) in [5.74, 6) is -0.146. The molecule has 0 saturated heterocycles. The molecule has 2 N–H and O–H groups in total. The fourth-order valence-corrected chi connectivity index (χ4v) is 3.07. The third-order valence-electron chi connectivity index (χ3n) is 4.32. The van der Waals surface area contributed by atoms with E-state index in [0.29, 0.717) is 6.42 Å². The predicted molar refractivity (Wildman–Crippen MR) is 123 cm³/mol. The molecule has 2 aromatic rings. The van der Waals surface area contributed by atoms with Gasteiger partial charge in [-0.25, -0.2) is 5.43 Å². The van der Waals surface area contributed by atoms with E-state index < -0.39 is 0 Å². The van der Waals surface area contributed by atoms with Crippen LogP contribution in [0.5, 0.6) is 0 Å². The van der Waals surface area contributed by atoms with E-state index in [1.54, 1.807) is 6.21 Å².